The Bertz CT molecular complexity index is 152. The number of unbranched alkanes of at least 4 members (excludes halogenated alkanes) is 1. The van der Waals surface area contributed by atoms with Crippen LogP contribution < -0.4 is 0 Å². The van der Waals surface area contributed by atoms with E-state index in [2.05, 4.69) is 6.92 Å². The summed E-state index contributed by atoms with van der Waals surface area (Å²) in [5.41, 5.74) is 1.08. The van der Waals surface area contributed by atoms with Gasteiger partial charge in [0.15, 0.2) is 0 Å². The molecule has 0 bridgehead atoms. The highest BCUT2D eigenvalue weighted by Gasteiger charge is 2.13. The van der Waals surface area contributed by atoms with Crippen LogP contribution in [0.15, 0.2) is 11.8 Å². The molecule has 0 saturated heterocycles. The number of rotatable bonds is 4. The normalized spacial score (nSPS) is 19.7. The lowest BCUT2D eigenvalue weighted by Gasteiger charge is -2.18. The van der Waals surface area contributed by atoms with E-state index in [0.717, 1.165) is 44.3 Å². The van der Waals surface area contributed by atoms with Gasteiger partial charge in [-0.15, -0.1) is 0 Å². The number of ether oxygens (including phenoxy) is 1. The maximum Gasteiger partial charge on any atom is 0.0876 e. The van der Waals surface area contributed by atoms with Gasteiger partial charge in [0.05, 0.1) is 19.0 Å². The van der Waals surface area contributed by atoms with Gasteiger partial charge in [-0.1, -0.05) is 19.8 Å². The minimum atomic E-state index is -0.259. The molecule has 1 heterocycles. The molecular weight excluding hydrogens is 152 g/mol. The molecule has 1 unspecified atom stereocenters. The summed E-state index contributed by atoms with van der Waals surface area (Å²) in [5.74, 6) is 0. The molecule has 12 heavy (non-hydrogen) atoms. The zero-order chi connectivity index (χ0) is 8.81. The largest absolute Gasteiger partial charge is 0.501 e. The summed E-state index contributed by atoms with van der Waals surface area (Å²) in [6, 6.07) is 0. The first kappa shape index (κ1) is 9.59. The third-order valence-electron chi connectivity index (χ3n) is 2.22. The molecule has 0 aromatic rings. The lowest BCUT2D eigenvalue weighted by Crippen LogP contribution is -2.14. The first-order chi connectivity index (χ1) is 5.84. The topological polar surface area (TPSA) is 29.5 Å². The van der Waals surface area contributed by atoms with Gasteiger partial charge >= 0.3 is 0 Å². The molecule has 0 spiro atoms. The van der Waals surface area contributed by atoms with Gasteiger partial charge in [-0.25, -0.2) is 0 Å². The average Bonchev–Trinajstić information content (AvgIpc) is 2.15. The Labute approximate surface area is 74.2 Å². The lowest BCUT2D eigenvalue weighted by atomic mass is 10.0. The maximum absolute atomic E-state index is 9.66. The molecule has 0 aliphatic carbocycles. The molecule has 1 N–H and O–H groups in total. The first-order valence-electron chi connectivity index (χ1n) is 4.83. The lowest BCUT2D eigenvalue weighted by molar-refractivity contribution is 0.160. The summed E-state index contributed by atoms with van der Waals surface area (Å²) >= 11 is 0. The van der Waals surface area contributed by atoms with Gasteiger partial charge in [0.25, 0.3) is 0 Å². The minimum Gasteiger partial charge on any atom is -0.501 e. The van der Waals surface area contributed by atoms with Crippen molar-refractivity contribution in [3.8, 4) is 0 Å². The number of hydrogen-bond donors (Lipinski definition) is 1. The smallest absolute Gasteiger partial charge is 0.0876 e. The predicted octanol–water partition coefficient (Wildman–Crippen LogP) is 2.23. The minimum absolute atomic E-state index is 0.259. The highest BCUT2D eigenvalue weighted by molar-refractivity contribution is 5.06. The van der Waals surface area contributed by atoms with E-state index in [1.807, 2.05) is 0 Å². The van der Waals surface area contributed by atoms with E-state index in [1.165, 1.54) is 0 Å². The molecule has 0 saturated carbocycles. The fourth-order valence-corrected chi connectivity index (χ4v) is 1.41. The predicted molar refractivity (Wildman–Crippen MR) is 48.8 cm³/mol. The van der Waals surface area contributed by atoms with Crippen molar-refractivity contribution in [1.82, 2.24) is 0 Å². The Morgan fingerprint density at radius 1 is 1.67 bits per heavy atom. The zero-order valence-electron chi connectivity index (χ0n) is 7.75. The van der Waals surface area contributed by atoms with Crippen LogP contribution in [0.3, 0.4) is 0 Å². The van der Waals surface area contributed by atoms with Gasteiger partial charge in [0, 0.05) is 0 Å². The van der Waals surface area contributed by atoms with Gasteiger partial charge in [-0.3, -0.25) is 0 Å². The van der Waals surface area contributed by atoms with Crippen LogP contribution in [-0.2, 0) is 4.74 Å². The van der Waals surface area contributed by atoms with Crippen LogP contribution in [0, 0.1) is 0 Å². The van der Waals surface area contributed by atoms with E-state index in [4.69, 9.17) is 4.74 Å². The molecule has 0 aromatic carbocycles. The monoisotopic (exact) mass is 170 g/mol. The standard InChI is InChI=1S/C10H18O2/c1-2-3-6-10(11)9-5-4-7-12-8-9/h8,10-11H,2-7H2,1H3. The Balaban J connectivity index is 2.29. The Morgan fingerprint density at radius 3 is 3.08 bits per heavy atom. The quantitative estimate of drug-likeness (QED) is 0.701. The maximum atomic E-state index is 9.66. The zero-order valence-corrected chi connectivity index (χ0v) is 7.75. The fourth-order valence-electron chi connectivity index (χ4n) is 1.41. The third kappa shape index (κ3) is 2.86. The Hall–Kier alpha value is -0.500. The molecule has 0 aromatic heterocycles. The van der Waals surface area contributed by atoms with Crippen LogP contribution >= 0.6 is 0 Å². The molecule has 0 amide bonds. The summed E-state index contributed by atoms with van der Waals surface area (Å²) in [4.78, 5) is 0. The molecule has 1 rings (SSSR count). The van der Waals surface area contributed by atoms with Crippen molar-refractivity contribution in [2.24, 2.45) is 0 Å². The van der Waals surface area contributed by atoms with Crippen molar-refractivity contribution in [2.75, 3.05) is 6.61 Å². The van der Waals surface area contributed by atoms with E-state index in [0.29, 0.717) is 0 Å². The fraction of sp³-hybridized carbons (Fsp3) is 0.800. The molecule has 70 valence electrons. The van der Waals surface area contributed by atoms with Gasteiger partial charge in [0.1, 0.15) is 0 Å². The van der Waals surface area contributed by atoms with Crippen molar-refractivity contribution >= 4 is 0 Å². The van der Waals surface area contributed by atoms with Gasteiger partial charge in [-0.05, 0) is 24.8 Å². The Kier molecular flexibility index (Phi) is 4.15. The summed E-state index contributed by atoms with van der Waals surface area (Å²) in [6.07, 6.45) is 6.66. The van der Waals surface area contributed by atoms with Crippen molar-refractivity contribution in [1.29, 1.82) is 0 Å². The summed E-state index contributed by atoms with van der Waals surface area (Å²) < 4.78 is 5.16. The second-order valence-corrected chi connectivity index (χ2v) is 3.33. The molecule has 1 atom stereocenters. The highest BCUT2D eigenvalue weighted by atomic mass is 16.5. The third-order valence-corrected chi connectivity index (χ3v) is 2.22. The van der Waals surface area contributed by atoms with Crippen molar-refractivity contribution in [2.45, 2.75) is 45.1 Å². The second kappa shape index (κ2) is 5.20. The van der Waals surface area contributed by atoms with Crippen molar-refractivity contribution in [3.63, 3.8) is 0 Å². The average molecular weight is 170 g/mol. The summed E-state index contributed by atoms with van der Waals surface area (Å²) in [6.45, 7) is 2.95. The van der Waals surface area contributed by atoms with Gasteiger partial charge in [-0.2, -0.15) is 0 Å². The second-order valence-electron chi connectivity index (χ2n) is 3.33. The van der Waals surface area contributed by atoms with E-state index in [9.17, 15) is 5.11 Å². The molecule has 1 aliphatic heterocycles. The molecule has 0 fully saturated rings. The molecule has 2 heteroatoms. The van der Waals surface area contributed by atoms with E-state index in [-0.39, 0.29) is 6.10 Å². The van der Waals surface area contributed by atoms with Crippen molar-refractivity contribution in [3.05, 3.63) is 11.8 Å². The van der Waals surface area contributed by atoms with Crippen LogP contribution in [0.4, 0.5) is 0 Å². The summed E-state index contributed by atoms with van der Waals surface area (Å²) in [5, 5.41) is 9.66. The van der Waals surface area contributed by atoms with E-state index < -0.39 is 0 Å². The SMILES string of the molecule is CCCCC(O)C1=COCCC1. The van der Waals surface area contributed by atoms with Crippen LogP contribution in [-0.4, -0.2) is 17.8 Å². The molecule has 1 aliphatic rings. The van der Waals surface area contributed by atoms with Crippen molar-refractivity contribution < 1.29 is 9.84 Å². The summed E-state index contributed by atoms with van der Waals surface area (Å²) in [7, 11) is 0. The van der Waals surface area contributed by atoms with Crippen LogP contribution in [0.5, 0.6) is 0 Å². The first-order valence-corrected chi connectivity index (χ1v) is 4.83. The van der Waals surface area contributed by atoms with Crippen LogP contribution in [0.25, 0.3) is 0 Å². The number of aliphatic hydroxyl groups excluding tert-OH is 1. The Morgan fingerprint density at radius 2 is 2.50 bits per heavy atom. The molecular formula is C10H18O2. The molecule has 2 nitrogen and oxygen atoms in total. The highest BCUT2D eigenvalue weighted by Crippen LogP contribution is 2.18. The molecule has 0 radical (unpaired) electrons. The van der Waals surface area contributed by atoms with Gasteiger partial charge < -0.3 is 9.84 Å². The van der Waals surface area contributed by atoms with Crippen LogP contribution in [0.1, 0.15) is 39.0 Å². The van der Waals surface area contributed by atoms with Crippen LogP contribution in [0.2, 0.25) is 0 Å². The van der Waals surface area contributed by atoms with E-state index >= 15 is 0 Å². The number of aliphatic hydroxyl groups is 1. The van der Waals surface area contributed by atoms with E-state index in [1.54, 1.807) is 6.26 Å². The van der Waals surface area contributed by atoms with Gasteiger partial charge in [0.2, 0.25) is 0 Å². The number of hydrogen-bond acceptors (Lipinski definition) is 2.